The highest BCUT2D eigenvalue weighted by Gasteiger charge is 2.15. The number of hydrogen-bond acceptors (Lipinski definition) is 3. The van der Waals surface area contributed by atoms with Crippen LogP contribution in [-0.2, 0) is 13.5 Å². The molecule has 0 saturated carbocycles. The summed E-state index contributed by atoms with van der Waals surface area (Å²) in [5, 5.41) is 14.5. The summed E-state index contributed by atoms with van der Waals surface area (Å²) in [7, 11) is 1.81. The van der Waals surface area contributed by atoms with E-state index in [2.05, 4.69) is 10.1 Å². The van der Waals surface area contributed by atoms with E-state index in [1.165, 1.54) is 6.07 Å². The van der Waals surface area contributed by atoms with Gasteiger partial charge in [0.15, 0.2) is 5.78 Å². The second kappa shape index (κ2) is 9.26. The van der Waals surface area contributed by atoms with E-state index in [1.807, 2.05) is 37.4 Å². The Morgan fingerprint density at radius 2 is 1.72 bits per heavy atom. The molecule has 5 aromatic rings. The molecule has 2 N–H and O–H groups in total. The smallest absolute Gasteiger partial charge is 0.335 e. The van der Waals surface area contributed by atoms with Crippen molar-refractivity contribution in [3.8, 4) is 22.5 Å². The number of aromatic amines is 1. The Hall–Kier alpha value is -4.52. The Balaban J connectivity index is 1.35. The number of carbonyl (C=O) groups is 2. The molecular weight excluding hydrogens is 457 g/mol. The van der Waals surface area contributed by atoms with Crippen LogP contribution in [0.1, 0.15) is 38.4 Å². The highest BCUT2D eigenvalue weighted by atomic mass is 19.1. The predicted octanol–water partition coefficient (Wildman–Crippen LogP) is 6.20. The summed E-state index contributed by atoms with van der Waals surface area (Å²) in [6, 6.07) is 21.4. The van der Waals surface area contributed by atoms with Gasteiger partial charge in [0, 0.05) is 35.6 Å². The van der Waals surface area contributed by atoms with E-state index in [1.54, 1.807) is 48.0 Å². The van der Waals surface area contributed by atoms with E-state index in [0.29, 0.717) is 17.7 Å². The number of carboxylic acids is 1. The number of nitrogens with one attached hydrogen (secondary N) is 1. The van der Waals surface area contributed by atoms with Gasteiger partial charge in [0.2, 0.25) is 0 Å². The molecule has 0 amide bonds. The first-order valence-electron chi connectivity index (χ1n) is 11.6. The van der Waals surface area contributed by atoms with Crippen LogP contribution < -0.4 is 0 Å². The van der Waals surface area contributed by atoms with Crippen LogP contribution in [-0.4, -0.2) is 31.6 Å². The highest BCUT2D eigenvalue weighted by molar-refractivity contribution is 5.96. The van der Waals surface area contributed by atoms with Crippen molar-refractivity contribution in [2.45, 2.75) is 19.8 Å². The van der Waals surface area contributed by atoms with Crippen molar-refractivity contribution in [1.29, 1.82) is 0 Å². The van der Waals surface area contributed by atoms with Crippen LogP contribution in [0.3, 0.4) is 0 Å². The average molecular weight is 482 g/mol. The number of carboxylic acid groups (broad SMARTS) is 1. The second-order valence-corrected chi connectivity index (χ2v) is 8.91. The summed E-state index contributed by atoms with van der Waals surface area (Å²) in [5.74, 6) is -1.27. The first-order chi connectivity index (χ1) is 17.3. The first-order valence-corrected chi connectivity index (χ1v) is 11.6. The van der Waals surface area contributed by atoms with Crippen molar-refractivity contribution in [2.75, 3.05) is 0 Å². The van der Waals surface area contributed by atoms with Crippen LogP contribution in [0.25, 0.3) is 33.4 Å². The van der Waals surface area contributed by atoms with Crippen molar-refractivity contribution in [3.63, 3.8) is 0 Å². The number of aryl methyl sites for hydroxylation is 3. The third-order valence-corrected chi connectivity index (χ3v) is 6.39. The third kappa shape index (κ3) is 4.55. The third-order valence-electron chi connectivity index (χ3n) is 6.39. The highest BCUT2D eigenvalue weighted by Crippen LogP contribution is 2.29. The molecule has 0 radical (unpaired) electrons. The number of fused-ring (bicyclic) bond motifs is 1. The first kappa shape index (κ1) is 23.2. The number of aromatic carboxylic acids is 1. The van der Waals surface area contributed by atoms with Gasteiger partial charge in [-0.2, -0.15) is 5.10 Å². The van der Waals surface area contributed by atoms with E-state index in [9.17, 15) is 14.0 Å². The molecule has 36 heavy (non-hydrogen) atoms. The summed E-state index contributed by atoms with van der Waals surface area (Å²) < 4.78 is 15.4. The Morgan fingerprint density at radius 3 is 2.44 bits per heavy atom. The number of carbonyl (C=O) groups excluding carboxylic acids is 1. The molecule has 0 fully saturated rings. The van der Waals surface area contributed by atoms with E-state index in [0.717, 1.165) is 39.0 Å². The average Bonchev–Trinajstić information content (AvgIpc) is 3.47. The maximum Gasteiger partial charge on any atom is 0.335 e. The Bertz CT molecular complexity index is 1610. The van der Waals surface area contributed by atoms with Gasteiger partial charge in [0.05, 0.1) is 11.3 Å². The van der Waals surface area contributed by atoms with Gasteiger partial charge < -0.3 is 10.1 Å². The standard InChI is InChI=1S/C29H24FN3O3/c1-17-13-20(8-10-23(17)30)25-15-22-14-21(9-11-24(22)31-25)27-16-26(32-33(27)2)28(34)12-5-18-3-6-19(7-4-18)29(35)36/h3-4,6-11,13-16,31H,5,12H2,1-2H3,(H,35,36). The summed E-state index contributed by atoms with van der Waals surface area (Å²) in [5.41, 5.74) is 6.65. The molecule has 0 saturated heterocycles. The van der Waals surface area contributed by atoms with Crippen molar-refractivity contribution in [1.82, 2.24) is 14.8 Å². The maximum atomic E-state index is 13.7. The van der Waals surface area contributed by atoms with Crippen LogP contribution in [0.2, 0.25) is 0 Å². The Morgan fingerprint density at radius 1 is 0.972 bits per heavy atom. The number of aromatic nitrogens is 3. The van der Waals surface area contributed by atoms with Gasteiger partial charge in [-0.15, -0.1) is 0 Å². The second-order valence-electron chi connectivity index (χ2n) is 8.91. The molecule has 0 atom stereocenters. The Kier molecular flexibility index (Phi) is 5.98. The minimum atomic E-state index is -0.974. The lowest BCUT2D eigenvalue weighted by atomic mass is 10.0. The lowest BCUT2D eigenvalue weighted by molar-refractivity contribution is 0.0696. The molecule has 0 aliphatic rings. The molecule has 0 unspecified atom stereocenters. The zero-order valence-corrected chi connectivity index (χ0v) is 19.9. The van der Waals surface area contributed by atoms with Gasteiger partial charge in [-0.05, 0) is 84.6 Å². The molecule has 0 aliphatic carbocycles. The quantitative estimate of drug-likeness (QED) is 0.271. The summed E-state index contributed by atoms with van der Waals surface area (Å²) in [4.78, 5) is 27.2. The SMILES string of the molecule is Cc1cc(-c2cc3cc(-c4cc(C(=O)CCc5ccc(C(=O)O)cc5)nn4C)ccc3[nH]2)ccc1F. The lowest BCUT2D eigenvalue weighted by Gasteiger charge is -2.01. The van der Waals surface area contributed by atoms with E-state index < -0.39 is 5.97 Å². The number of nitrogens with zero attached hydrogens (tertiary/aromatic N) is 2. The van der Waals surface area contributed by atoms with Crippen molar-refractivity contribution in [3.05, 3.63) is 101 Å². The van der Waals surface area contributed by atoms with E-state index in [-0.39, 0.29) is 23.6 Å². The molecule has 2 heterocycles. The zero-order chi connectivity index (χ0) is 25.4. The fraction of sp³-hybridized carbons (Fsp3) is 0.138. The van der Waals surface area contributed by atoms with Gasteiger partial charge in [-0.1, -0.05) is 18.2 Å². The number of rotatable bonds is 7. The number of benzene rings is 3. The van der Waals surface area contributed by atoms with Gasteiger partial charge >= 0.3 is 5.97 Å². The van der Waals surface area contributed by atoms with E-state index in [4.69, 9.17) is 5.11 Å². The fourth-order valence-corrected chi connectivity index (χ4v) is 4.33. The van der Waals surface area contributed by atoms with Gasteiger partial charge in [0.25, 0.3) is 0 Å². The molecular formula is C29H24FN3O3. The van der Waals surface area contributed by atoms with Gasteiger partial charge in [-0.25, -0.2) is 9.18 Å². The Labute approximate surface area is 207 Å². The predicted molar refractivity (Wildman–Crippen MR) is 137 cm³/mol. The number of H-pyrrole nitrogens is 1. The normalized spacial score (nSPS) is 11.2. The molecule has 0 bridgehead atoms. The fourth-order valence-electron chi connectivity index (χ4n) is 4.33. The van der Waals surface area contributed by atoms with Crippen LogP contribution in [0.5, 0.6) is 0 Å². The van der Waals surface area contributed by atoms with Crippen LogP contribution in [0.4, 0.5) is 4.39 Å². The topological polar surface area (TPSA) is 88.0 Å². The molecule has 6 nitrogen and oxygen atoms in total. The summed E-state index contributed by atoms with van der Waals surface area (Å²) >= 11 is 0. The largest absolute Gasteiger partial charge is 0.478 e. The molecule has 0 aliphatic heterocycles. The van der Waals surface area contributed by atoms with Crippen molar-refractivity contribution in [2.24, 2.45) is 7.05 Å². The number of Topliss-reactive ketones (excluding diaryl/α,β-unsaturated/α-hetero) is 1. The zero-order valence-electron chi connectivity index (χ0n) is 19.9. The molecule has 180 valence electrons. The minimum absolute atomic E-state index is 0.0733. The van der Waals surface area contributed by atoms with E-state index >= 15 is 0 Å². The summed E-state index contributed by atoms with van der Waals surface area (Å²) in [6.07, 6.45) is 0.783. The molecule has 7 heteroatoms. The number of hydrogen-bond donors (Lipinski definition) is 2. The number of halogens is 1. The maximum absolute atomic E-state index is 13.7. The van der Waals surface area contributed by atoms with Crippen molar-refractivity contribution >= 4 is 22.7 Å². The molecule has 2 aromatic heterocycles. The minimum Gasteiger partial charge on any atom is -0.478 e. The van der Waals surface area contributed by atoms with Crippen LogP contribution in [0.15, 0.2) is 72.8 Å². The molecule has 0 spiro atoms. The monoisotopic (exact) mass is 481 g/mol. The van der Waals surface area contributed by atoms with Crippen LogP contribution in [0, 0.1) is 12.7 Å². The number of ketones is 1. The van der Waals surface area contributed by atoms with Gasteiger partial charge in [0.1, 0.15) is 11.5 Å². The molecule has 5 rings (SSSR count). The van der Waals surface area contributed by atoms with Gasteiger partial charge in [-0.3, -0.25) is 9.48 Å². The molecule has 3 aromatic carbocycles. The lowest BCUT2D eigenvalue weighted by Crippen LogP contribution is -2.03. The van der Waals surface area contributed by atoms with Crippen LogP contribution >= 0.6 is 0 Å². The van der Waals surface area contributed by atoms with Crippen molar-refractivity contribution < 1.29 is 19.1 Å². The summed E-state index contributed by atoms with van der Waals surface area (Å²) in [6.45, 7) is 1.75.